The quantitative estimate of drug-likeness (QED) is 0.0675. The number of benzene rings is 1. The van der Waals surface area contributed by atoms with Crippen molar-refractivity contribution in [3.63, 3.8) is 0 Å². The zero-order valence-corrected chi connectivity index (χ0v) is 25.2. The van der Waals surface area contributed by atoms with E-state index < -0.39 is 0 Å². The van der Waals surface area contributed by atoms with E-state index >= 15 is 0 Å². The fourth-order valence-electron chi connectivity index (χ4n) is 4.34. The average Bonchev–Trinajstić information content (AvgIpc) is 3.57. The van der Waals surface area contributed by atoms with Crippen LogP contribution in [0.15, 0.2) is 94.2 Å². The van der Waals surface area contributed by atoms with Crippen LogP contribution in [0, 0.1) is 5.92 Å². The molecule has 2 N–H and O–H groups in total. The van der Waals surface area contributed by atoms with Crippen LogP contribution in [-0.2, 0) is 24.8 Å². The molecule has 3 aromatic rings. The second-order valence-corrected chi connectivity index (χ2v) is 11.7. The average molecular weight is 579 g/mol. The number of hydrogen-bond donors (Lipinski definition) is 2. The zero-order chi connectivity index (χ0) is 28.9. The van der Waals surface area contributed by atoms with Crippen molar-refractivity contribution in [1.82, 2.24) is 15.1 Å². The van der Waals surface area contributed by atoms with E-state index in [4.69, 9.17) is 4.74 Å². The van der Waals surface area contributed by atoms with E-state index in [0.29, 0.717) is 36.4 Å². The van der Waals surface area contributed by atoms with E-state index in [1.165, 1.54) is 11.3 Å². The zero-order valence-electron chi connectivity index (χ0n) is 23.6. The molecule has 212 valence electrons. The number of aromatic nitrogens is 2. The van der Waals surface area contributed by atoms with Crippen molar-refractivity contribution in [2.45, 2.75) is 43.9 Å². The van der Waals surface area contributed by atoms with Gasteiger partial charge in [0.25, 0.3) is 5.91 Å². The molecule has 0 radical (unpaired) electrons. The molecule has 0 fully saturated rings. The number of methoxy groups -OCH3 is 1. The summed E-state index contributed by atoms with van der Waals surface area (Å²) in [6.07, 6.45) is 9.50. The maximum atomic E-state index is 13.2. The number of nitrogens with one attached hydrogen (secondary N) is 1. The Hall–Kier alpha value is -3.56. The molecular weight excluding hydrogens is 541 g/mol. The van der Waals surface area contributed by atoms with Gasteiger partial charge in [0, 0.05) is 31.6 Å². The molecule has 1 aliphatic carbocycles. The van der Waals surface area contributed by atoms with Gasteiger partial charge in [-0.25, -0.2) is 0 Å². The van der Waals surface area contributed by atoms with Crippen LogP contribution in [-0.4, -0.2) is 39.5 Å². The van der Waals surface area contributed by atoms with Crippen LogP contribution in [0.1, 0.15) is 53.2 Å². The Bertz CT molecular complexity index is 1330. The summed E-state index contributed by atoms with van der Waals surface area (Å²) < 4.78 is 8.17. The minimum Gasteiger partial charge on any atom is -0.501 e. The van der Waals surface area contributed by atoms with Crippen molar-refractivity contribution in [2.75, 3.05) is 12.9 Å². The van der Waals surface area contributed by atoms with Crippen LogP contribution in [0.5, 0.6) is 0 Å². The maximum absolute atomic E-state index is 13.2. The number of rotatable bonds is 10. The number of hydrogen-bond acceptors (Lipinski definition) is 7. The van der Waals surface area contributed by atoms with Gasteiger partial charge in [-0.15, -0.1) is 29.7 Å². The number of aryl methyl sites for hydroxylation is 1. The third-order valence-electron chi connectivity index (χ3n) is 6.56. The van der Waals surface area contributed by atoms with Crippen molar-refractivity contribution < 1.29 is 14.7 Å². The molecule has 1 unspecified atom stereocenters. The molecule has 9 heteroatoms. The molecule has 40 heavy (non-hydrogen) atoms. The number of allylic oxidation sites excluding steroid dienone is 4. The highest BCUT2D eigenvalue weighted by molar-refractivity contribution is 8.01. The van der Waals surface area contributed by atoms with Crippen LogP contribution in [0.25, 0.3) is 0 Å². The molecule has 0 saturated heterocycles. The Morgan fingerprint density at radius 1 is 1.27 bits per heavy atom. The Morgan fingerprint density at radius 3 is 2.52 bits per heavy atom. The molecular formula is C31H38N4O3S2. The number of ether oxygens (including phenoxy) is 1. The van der Waals surface area contributed by atoms with Crippen LogP contribution in [0.2, 0.25) is 0 Å². The van der Waals surface area contributed by atoms with Crippen LogP contribution in [0.4, 0.5) is 0 Å². The van der Waals surface area contributed by atoms with Crippen LogP contribution < -0.4 is 5.32 Å². The number of amides is 1. The first-order valence-electron chi connectivity index (χ1n) is 13.2. The minimum absolute atomic E-state index is 0.113. The van der Waals surface area contributed by atoms with Gasteiger partial charge in [0.2, 0.25) is 0 Å². The van der Waals surface area contributed by atoms with Gasteiger partial charge in [0.05, 0.1) is 39.9 Å². The SMILES string of the molecule is C=CC/C(=C\C=C(/C)C1C/C(=N\O)c2c(SCC)sc(C(=O)NCc3ccnn3C)c2C1)OC.c1ccccc1. The van der Waals surface area contributed by atoms with Gasteiger partial charge in [0.1, 0.15) is 0 Å². The van der Waals surface area contributed by atoms with E-state index in [1.807, 2.05) is 61.7 Å². The smallest absolute Gasteiger partial charge is 0.262 e. The fourth-order valence-corrected chi connectivity index (χ4v) is 6.83. The lowest BCUT2D eigenvalue weighted by atomic mass is 9.79. The molecule has 0 bridgehead atoms. The van der Waals surface area contributed by atoms with Crippen molar-refractivity contribution in [1.29, 1.82) is 0 Å². The Labute approximate surface area is 245 Å². The summed E-state index contributed by atoms with van der Waals surface area (Å²) in [5, 5.41) is 20.7. The molecule has 7 nitrogen and oxygen atoms in total. The van der Waals surface area contributed by atoms with Crippen molar-refractivity contribution in [3.05, 3.63) is 106 Å². The first kappa shape index (κ1) is 31.0. The molecule has 0 aliphatic heterocycles. The van der Waals surface area contributed by atoms with Gasteiger partial charge >= 0.3 is 0 Å². The summed E-state index contributed by atoms with van der Waals surface area (Å²) in [4.78, 5) is 13.9. The van der Waals surface area contributed by atoms with E-state index in [-0.39, 0.29) is 11.8 Å². The monoisotopic (exact) mass is 578 g/mol. The highest BCUT2D eigenvalue weighted by Gasteiger charge is 2.33. The second kappa shape index (κ2) is 15.9. The molecule has 1 aromatic carbocycles. The lowest BCUT2D eigenvalue weighted by Gasteiger charge is -2.25. The van der Waals surface area contributed by atoms with E-state index in [1.54, 1.807) is 35.8 Å². The van der Waals surface area contributed by atoms with Crippen LogP contribution >= 0.6 is 23.1 Å². The van der Waals surface area contributed by atoms with Crippen molar-refractivity contribution in [3.8, 4) is 0 Å². The predicted octanol–water partition coefficient (Wildman–Crippen LogP) is 7.00. The lowest BCUT2D eigenvalue weighted by molar-refractivity contribution is 0.0953. The van der Waals surface area contributed by atoms with E-state index in [2.05, 4.69) is 36.0 Å². The molecule has 1 aliphatic rings. The number of thiophene rings is 1. The first-order valence-corrected chi connectivity index (χ1v) is 15.0. The minimum atomic E-state index is -0.113. The topological polar surface area (TPSA) is 88.7 Å². The molecule has 0 spiro atoms. The van der Waals surface area contributed by atoms with Gasteiger partial charge in [0.15, 0.2) is 0 Å². The van der Waals surface area contributed by atoms with E-state index in [0.717, 1.165) is 38.1 Å². The van der Waals surface area contributed by atoms with Gasteiger partial charge in [-0.2, -0.15) is 5.10 Å². The highest BCUT2D eigenvalue weighted by Crippen LogP contribution is 2.43. The Morgan fingerprint density at radius 2 is 1.98 bits per heavy atom. The lowest BCUT2D eigenvalue weighted by Crippen LogP contribution is -2.27. The maximum Gasteiger partial charge on any atom is 0.262 e. The van der Waals surface area contributed by atoms with Crippen LogP contribution in [0.3, 0.4) is 0 Å². The number of carbonyl (C=O) groups excluding carboxylic acids is 1. The number of fused-ring (bicyclic) bond motifs is 1. The number of thioether (sulfide) groups is 1. The number of oxime groups is 1. The van der Waals surface area contributed by atoms with Crippen molar-refractivity contribution in [2.24, 2.45) is 18.1 Å². The standard InChI is InChI=1S/C25H32N4O3S2.C6H6/c1-6-8-19(32-5)10-9-16(3)17-13-20-22(21(14-17)28-31)25(33-7-2)34-23(20)24(30)26-15-18-11-12-27-29(18)4;1-2-4-6-5-3-1/h6,9-12,17,31H,1,7-8,13-15H2,2-5H3,(H,26,30);1-6H/b16-9+,19-10+,28-21+;. The summed E-state index contributed by atoms with van der Waals surface area (Å²) in [7, 11) is 3.50. The second-order valence-electron chi connectivity index (χ2n) is 9.18. The number of nitrogens with zero attached hydrogens (tertiary/aromatic N) is 3. The van der Waals surface area contributed by atoms with Crippen molar-refractivity contribution >= 4 is 34.7 Å². The summed E-state index contributed by atoms with van der Waals surface area (Å²) in [6.45, 7) is 8.31. The largest absolute Gasteiger partial charge is 0.501 e. The molecule has 0 saturated carbocycles. The summed E-state index contributed by atoms with van der Waals surface area (Å²) in [5.41, 5.74) is 4.59. The summed E-state index contributed by atoms with van der Waals surface area (Å²) >= 11 is 3.17. The highest BCUT2D eigenvalue weighted by atomic mass is 32.2. The van der Waals surface area contributed by atoms with Gasteiger partial charge in [-0.3, -0.25) is 9.48 Å². The van der Waals surface area contributed by atoms with E-state index in [9.17, 15) is 10.0 Å². The van der Waals surface area contributed by atoms with Gasteiger partial charge < -0.3 is 15.3 Å². The fraction of sp³-hybridized carbons (Fsp3) is 0.323. The molecule has 1 atom stereocenters. The number of carbonyl (C=O) groups is 1. The Balaban J connectivity index is 0.000000649. The van der Waals surface area contributed by atoms with Gasteiger partial charge in [-0.05, 0) is 42.7 Å². The molecule has 4 rings (SSSR count). The molecule has 2 aromatic heterocycles. The molecule has 2 heterocycles. The van der Waals surface area contributed by atoms with Gasteiger partial charge in [-0.1, -0.05) is 66.2 Å². The third-order valence-corrected chi connectivity index (χ3v) is 8.94. The predicted molar refractivity (Wildman–Crippen MR) is 165 cm³/mol. The summed E-state index contributed by atoms with van der Waals surface area (Å²) in [6, 6.07) is 13.9. The first-order chi connectivity index (χ1) is 19.4. The molecule has 1 amide bonds. The summed E-state index contributed by atoms with van der Waals surface area (Å²) in [5.74, 6) is 1.71. The third kappa shape index (κ3) is 8.22. The normalized spacial score (nSPS) is 16.1. The Kier molecular flexibility index (Phi) is 12.3.